The molecule has 3 rings (SSSR count). The third-order valence-electron chi connectivity index (χ3n) is 4.89. The van der Waals surface area contributed by atoms with Crippen LogP contribution in [-0.2, 0) is 39.1 Å². The summed E-state index contributed by atoms with van der Waals surface area (Å²) in [6.07, 6.45) is -0.838. The second kappa shape index (κ2) is 10.3. The molecule has 0 unspecified atom stereocenters. The van der Waals surface area contributed by atoms with E-state index in [1.807, 2.05) is 0 Å². The summed E-state index contributed by atoms with van der Waals surface area (Å²) in [5.41, 5.74) is -0.316. The summed E-state index contributed by atoms with van der Waals surface area (Å²) in [7, 11) is -5.86. The van der Waals surface area contributed by atoms with Crippen molar-refractivity contribution in [2.24, 2.45) is 0 Å². The average molecular weight is 545 g/mol. The molecule has 36 heavy (non-hydrogen) atoms. The number of aromatic nitrogens is 3. The van der Waals surface area contributed by atoms with Crippen LogP contribution in [0.4, 0.5) is 36.3 Å². The van der Waals surface area contributed by atoms with Crippen molar-refractivity contribution < 1.29 is 30.0 Å². The number of benzene rings is 1. The van der Waals surface area contributed by atoms with Crippen molar-refractivity contribution >= 4 is 43.2 Å². The first kappa shape index (κ1) is 27.1. The Balaban J connectivity index is 1.90. The minimum atomic E-state index is -4.71. The van der Waals surface area contributed by atoms with Crippen LogP contribution in [0.5, 0.6) is 0 Å². The van der Waals surface area contributed by atoms with Crippen LogP contribution in [0.3, 0.4) is 0 Å². The van der Waals surface area contributed by atoms with Gasteiger partial charge in [0.1, 0.15) is 5.82 Å². The number of rotatable bonds is 9. The molecule has 2 heterocycles. The van der Waals surface area contributed by atoms with Crippen molar-refractivity contribution in [2.45, 2.75) is 19.0 Å². The Morgan fingerprint density at radius 3 is 2.31 bits per heavy atom. The molecule has 0 spiro atoms. The number of sulfonamides is 2. The molecule has 15 heteroatoms. The minimum absolute atomic E-state index is 0.0241. The van der Waals surface area contributed by atoms with E-state index in [0.717, 1.165) is 16.8 Å². The van der Waals surface area contributed by atoms with Gasteiger partial charge in [0.15, 0.2) is 0 Å². The zero-order valence-electron chi connectivity index (χ0n) is 19.4. The molecular weight excluding hydrogens is 521 g/mol. The maximum absolute atomic E-state index is 13.6. The second-order valence-electron chi connectivity index (χ2n) is 7.85. The first-order chi connectivity index (χ1) is 16.6. The van der Waals surface area contributed by atoms with Crippen molar-refractivity contribution in [3.05, 3.63) is 65.6 Å². The Bertz CT molecular complexity index is 1460. The van der Waals surface area contributed by atoms with Crippen molar-refractivity contribution in [1.82, 2.24) is 15.0 Å². The number of pyridine rings is 1. The molecule has 0 saturated carbocycles. The van der Waals surface area contributed by atoms with E-state index in [9.17, 15) is 30.0 Å². The van der Waals surface area contributed by atoms with E-state index in [1.54, 1.807) is 24.3 Å². The molecule has 1 aromatic carbocycles. The molecule has 0 radical (unpaired) electrons. The van der Waals surface area contributed by atoms with Gasteiger partial charge in [-0.15, -0.1) is 0 Å². The van der Waals surface area contributed by atoms with Crippen molar-refractivity contribution in [3.63, 3.8) is 0 Å². The van der Waals surface area contributed by atoms with Gasteiger partial charge in [-0.05, 0) is 42.7 Å². The predicted octanol–water partition coefficient (Wildman–Crippen LogP) is 3.19. The molecular formula is C21H23F3N6O4S2. The first-order valence-corrected chi connectivity index (χ1v) is 14.0. The average Bonchev–Trinajstić information content (AvgIpc) is 2.75. The lowest BCUT2D eigenvalue weighted by molar-refractivity contribution is -0.138. The summed E-state index contributed by atoms with van der Waals surface area (Å²) in [4.78, 5) is 11.9. The van der Waals surface area contributed by atoms with Gasteiger partial charge in [0.2, 0.25) is 26.0 Å². The highest BCUT2D eigenvalue weighted by molar-refractivity contribution is 7.92. The number of hydrogen-bond acceptors (Lipinski definition) is 8. The number of hydrogen-bond donors (Lipinski definition) is 2. The van der Waals surface area contributed by atoms with Gasteiger partial charge in [0.25, 0.3) is 0 Å². The molecule has 0 amide bonds. The zero-order valence-corrected chi connectivity index (χ0v) is 21.0. The molecule has 0 atom stereocenters. The van der Waals surface area contributed by atoms with Crippen molar-refractivity contribution in [1.29, 1.82) is 0 Å². The fraction of sp³-hybridized carbons (Fsp3) is 0.286. The molecule has 0 bridgehead atoms. The molecule has 3 aromatic rings. The Morgan fingerprint density at radius 1 is 0.972 bits per heavy atom. The Kier molecular flexibility index (Phi) is 7.73. The lowest BCUT2D eigenvalue weighted by Crippen LogP contribution is -2.27. The van der Waals surface area contributed by atoms with Crippen LogP contribution in [0.25, 0.3) is 0 Å². The molecule has 2 aromatic heterocycles. The van der Waals surface area contributed by atoms with E-state index in [2.05, 4.69) is 25.0 Å². The highest BCUT2D eigenvalue weighted by Crippen LogP contribution is 2.32. The lowest BCUT2D eigenvalue weighted by atomic mass is 10.1. The standard InChI is InChI=1S/C21H23F3N6O4S2/c1-30(36(3,33)34)19-14(6-5-11-25-19)9-10-18-17(21(22,23)24)13-26-20(28-18)27-15-7-4-8-16(12-15)29-35(2,31)32/h4-8,11-13,29H,9-10H2,1-3H3,(H,26,27,28). The largest absolute Gasteiger partial charge is 0.419 e. The van der Waals surface area contributed by atoms with E-state index in [4.69, 9.17) is 0 Å². The number of nitrogens with zero attached hydrogens (tertiary/aromatic N) is 4. The van der Waals surface area contributed by atoms with Crippen LogP contribution >= 0.6 is 0 Å². The second-order valence-corrected chi connectivity index (χ2v) is 11.6. The van der Waals surface area contributed by atoms with Crippen LogP contribution < -0.4 is 14.3 Å². The van der Waals surface area contributed by atoms with Gasteiger partial charge in [-0.2, -0.15) is 13.2 Å². The lowest BCUT2D eigenvalue weighted by Gasteiger charge is -2.19. The molecule has 0 fully saturated rings. The van der Waals surface area contributed by atoms with Gasteiger partial charge in [-0.25, -0.2) is 31.8 Å². The number of alkyl halides is 3. The summed E-state index contributed by atoms with van der Waals surface area (Å²) in [5, 5.41) is 2.77. The van der Waals surface area contributed by atoms with Gasteiger partial charge in [0, 0.05) is 25.1 Å². The van der Waals surface area contributed by atoms with Crippen molar-refractivity contribution in [2.75, 3.05) is 33.9 Å². The predicted molar refractivity (Wildman–Crippen MR) is 130 cm³/mol. The summed E-state index contributed by atoms with van der Waals surface area (Å²) < 4.78 is 91.0. The van der Waals surface area contributed by atoms with Crippen LogP contribution in [0.2, 0.25) is 0 Å². The summed E-state index contributed by atoms with van der Waals surface area (Å²) >= 11 is 0. The van der Waals surface area contributed by atoms with Crippen LogP contribution in [0.15, 0.2) is 48.8 Å². The highest BCUT2D eigenvalue weighted by Gasteiger charge is 2.35. The number of halogens is 3. The maximum atomic E-state index is 13.6. The van der Waals surface area contributed by atoms with Gasteiger partial charge < -0.3 is 5.32 Å². The Hall–Kier alpha value is -3.46. The zero-order chi connectivity index (χ0) is 26.7. The summed E-state index contributed by atoms with van der Waals surface area (Å²) in [5.74, 6) is -0.0228. The quantitative estimate of drug-likeness (QED) is 0.420. The van der Waals surface area contributed by atoms with Crippen LogP contribution in [0, 0.1) is 0 Å². The number of nitrogens with one attached hydrogen (secondary N) is 2. The van der Waals surface area contributed by atoms with E-state index in [1.165, 1.54) is 25.4 Å². The minimum Gasteiger partial charge on any atom is -0.324 e. The first-order valence-electron chi connectivity index (χ1n) is 10.3. The fourth-order valence-electron chi connectivity index (χ4n) is 3.23. The van der Waals surface area contributed by atoms with E-state index < -0.39 is 31.8 Å². The SMILES string of the molecule is CN(c1ncccc1CCc1nc(Nc2cccc(NS(C)(=O)=O)c2)ncc1C(F)(F)F)S(C)(=O)=O. The topological polar surface area (TPSA) is 134 Å². The Morgan fingerprint density at radius 2 is 1.67 bits per heavy atom. The summed E-state index contributed by atoms with van der Waals surface area (Å²) in [6, 6.07) is 9.19. The van der Waals surface area contributed by atoms with E-state index >= 15 is 0 Å². The van der Waals surface area contributed by atoms with Gasteiger partial charge in [-0.1, -0.05) is 12.1 Å². The molecule has 10 nitrogen and oxygen atoms in total. The smallest absolute Gasteiger partial charge is 0.324 e. The van der Waals surface area contributed by atoms with Gasteiger partial charge >= 0.3 is 6.18 Å². The monoisotopic (exact) mass is 544 g/mol. The highest BCUT2D eigenvalue weighted by atomic mass is 32.2. The van der Waals surface area contributed by atoms with Crippen molar-refractivity contribution in [3.8, 4) is 0 Å². The van der Waals surface area contributed by atoms with Crippen LogP contribution in [0.1, 0.15) is 16.8 Å². The Labute approximate surface area is 206 Å². The molecule has 194 valence electrons. The van der Waals surface area contributed by atoms with Gasteiger partial charge in [-0.3, -0.25) is 9.03 Å². The van der Waals surface area contributed by atoms with E-state index in [-0.39, 0.29) is 36.0 Å². The molecule has 0 saturated heterocycles. The fourth-order valence-corrected chi connectivity index (χ4v) is 4.26. The third kappa shape index (κ3) is 7.27. The summed E-state index contributed by atoms with van der Waals surface area (Å²) in [6.45, 7) is 0. The number of anilines is 4. The normalized spacial score (nSPS) is 12.3. The van der Waals surface area contributed by atoms with Gasteiger partial charge in [0.05, 0.1) is 29.5 Å². The maximum Gasteiger partial charge on any atom is 0.419 e. The number of aryl methyl sites for hydroxylation is 2. The molecule has 0 aliphatic heterocycles. The van der Waals surface area contributed by atoms with E-state index in [0.29, 0.717) is 17.4 Å². The molecule has 2 N–H and O–H groups in total. The molecule has 0 aliphatic carbocycles. The third-order valence-corrected chi connectivity index (χ3v) is 6.66. The molecule has 0 aliphatic rings. The van der Waals surface area contributed by atoms with Crippen LogP contribution in [-0.4, -0.2) is 51.3 Å².